The van der Waals surface area contributed by atoms with Crippen LogP contribution in [-0.2, 0) is 6.54 Å². The van der Waals surface area contributed by atoms with Gasteiger partial charge in [0, 0.05) is 30.9 Å². The molecule has 0 saturated carbocycles. The first-order chi connectivity index (χ1) is 9.36. The molecule has 0 aromatic carbocycles. The second kappa shape index (κ2) is 5.97. The summed E-state index contributed by atoms with van der Waals surface area (Å²) in [6, 6.07) is 6.30. The zero-order valence-corrected chi connectivity index (χ0v) is 11.8. The van der Waals surface area contributed by atoms with Crippen molar-refractivity contribution in [3.05, 3.63) is 24.0 Å². The number of piperidine rings is 1. The summed E-state index contributed by atoms with van der Waals surface area (Å²) in [6.45, 7) is 4.38. The Morgan fingerprint density at radius 2 is 2.11 bits per heavy atom. The van der Waals surface area contributed by atoms with Crippen LogP contribution < -0.4 is 5.32 Å². The lowest BCUT2D eigenvalue weighted by molar-refractivity contribution is 0.107. The summed E-state index contributed by atoms with van der Waals surface area (Å²) in [6.07, 6.45) is 8.30. The number of aromatic nitrogens is 2. The zero-order chi connectivity index (χ0) is 13.1. The summed E-state index contributed by atoms with van der Waals surface area (Å²) in [5.41, 5.74) is 1.11. The lowest BCUT2D eigenvalue weighted by Crippen LogP contribution is -2.48. The highest BCUT2D eigenvalue weighted by molar-refractivity contribution is 5.04. The molecule has 0 amide bonds. The Labute approximate surface area is 115 Å². The summed E-state index contributed by atoms with van der Waals surface area (Å²) in [5, 5.41) is 11.9. The molecule has 104 valence electrons. The second-order valence-electron chi connectivity index (χ2n) is 5.89. The summed E-state index contributed by atoms with van der Waals surface area (Å²) < 4.78 is 0. The molecule has 0 radical (unpaired) electrons. The van der Waals surface area contributed by atoms with Gasteiger partial charge in [-0.15, -0.1) is 0 Å². The lowest BCUT2D eigenvalue weighted by Gasteiger charge is -2.39. The molecule has 2 unspecified atom stereocenters. The smallest absolute Gasteiger partial charge is 0.0771 e. The zero-order valence-electron chi connectivity index (χ0n) is 11.8. The molecule has 3 heterocycles. The van der Waals surface area contributed by atoms with Gasteiger partial charge in [-0.1, -0.05) is 6.92 Å². The summed E-state index contributed by atoms with van der Waals surface area (Å²) in [4.78, 5) is 2.66. The maximum absolute atomic E-state index is 4.23. The summed E-state index contributed by atoms with van der Waals surface area (Å²) >= 11 is 0. The van der Waals surface area contributed by atoms with E-state index in [1.54, 1.807) is 6.20 Å². The summed E-state index contributed by atoms with van der Waals surface area (Å²) in [5.74, 6) is 0. The topological polar surface area (TPSA) is 41.0 Å². The van der Waals surface area contributed by atoms with E-state index in [-0.39, 0.29) is 0 Å². The molecule has 4 heteroatoms. The Morgan fingerprint density at radius 3 is 2.74 bits per heavy atom. The molecular weight excluding hydrogens is 236 g/mol. The van der Waals surface area contributed by atoms with Crippen LogP contribution in [0.15, 0.2) is 18.3 Å². The van der Waals surface area contributed by atoms with Crippen molar-refractivity contribution < 1.29 is 0 Å². The third-order valence-corrected chi connectivity index (χ3v) is 4.54. The Morgan fingerprint density at radius 1 is 1.32 bits per heavy atom. The van der Waals surface area contributed by atoms with Crippen molar-refractivity contribution in [1.29, 1.82) is 0 Å². The van der Waals surface area contributed by atoms with Crippen LogP contribution in [0.3, 0.4) is 0 Å². The highest BCUT2D eigenvalue weighted by Crippen LogP contribution is 2.36. The van der Waals surface area contributed by atoms with Gasteiger partial charge in [0.05, 0.1) is 5.69 Å². The first-order valence-electron chi connectivity index (χ1n) is 7.62. The molecule has 4 nitrogen and oxygen atoms in total. The number of nitrogens with zero attached hydrogens (tertiary/aromatic N) is 3. The first kappa shape index (κ1) is 13.0. The molecule has 0 spiro atoms. The number of hydrogen-bond donors (Lipinski definition) is 1. The minimum atomic E-state index is 0.732. The first-order valence-corrected chi connectivity index (χ1v) is 7.62. The third kappa shape index (κ3) is 2.95. The van der Waals surface area contributed by atoms with Gasteiger partial charge >= 0.3 is 0 Å². The van der Waals surface area contributed by atoms with E-state index < -0.39 is 0 Å². The van der Waals surface area contributed by atoms with Gasteiger partial charge in [-0.25, -0.2) is 0 Å². The second-order valence-corrected chi connectivity index (χ2v) is 5.89. The maximum atomic E-state index is 4.23. The fourth-order valence-electron chi connectivity index (χ4n) is 3.65. The highest BCUT2D eigenvalue weighted by atomic mass is 15.2. The van der Waals surface area contributed by atoms with E-state index in [0.717, 1.165) is 36.9 Å². The van der Waals surface area contributed by atoms with Crippen LogP contribution in [0.25, 0.3) is 0 Å². The van der Waals surface area contributed by atoms with Crippen LogP contribution >= 0.6 is 0 Å². The molecule has 2 aliphatic rings. The SMILES string of the molecule is CCCNC1CC2CCC(C1)N2Cc1cccnn1. The molecule has 2 bridgehead atoms. The number of hydrogen-bond acceptors (Lipinski definition) is 4. The number of fused-ring (bicyclic) bond motifs is 2. The molecule has 1 aromatic heterocycles. The van der Waals surface area contributed by atoms with Crippen molar-refractivity contribution in [2.45, 2.75) is 63.7 Å². The van der Waals surface area contributed by atoms with Crippen molar-refractivity contribution in [3.63, 3.8) is 0 Å². The molecule has 1 aromatic rings. The normalized spacial score (nSPS) is 30.7. The number of nitrogens with one attached hydrogen (secondary N) is 1. The van der Waals surface area contributed by atoms with Gasteiger partial charge in [0.1, 0.15) is 0 Å². The largest absolute Gasteiger partial charge is 0.314 e. The van der Waals surface area contributed by atoms with Gasteiger partial charge in [-0.2, -0.15) is 10.2 Å². The van der Waals surface area contributed by atoms with Crippen molar-refractivity contribution in [3.8, 4) is 0 Å². The van der Waals surface area contributed by atoms with Crippen LogP contribution in [0.1, 0.15) is 44.7 Å². The third-order valence-electron chi connectivity index (χ3n) is 4.54. The predicted octanol–water partition coefficient (Wildman–Crippen LogP) is 1.97. The predicted molar refractivity (Wildman–Crippen MR) is 75.7 cm³/mol. The van der Waals surface area contributed by atoms with E-state index in [1.165, 1.54) is 32.1 Å². The quantitative estimate of drug-likeness (QED) is 0.879. The molecule has 2 saturated heterocycles. The Bertz CT molecular complexity index is 380. The van der Waals surface area contributed by atoms with Crippen molar-refractivity contribution >= 4 is 0 Å². The molecule has 2 fully saturated rings. The van der Waals surface area contributed by atoms with E-state index in [0.29, 0.717) is 0 Å². The van der Waals surface area contributed by atoms with Crippen molar-refractivity contribution in [2.75, 3.05) is 6.54 Å². The van der Waals surface area contributed by atoms with Crippen molar-refractivity contribution in [2.24, 2.45) is 0 Å². The fourth-order valence-corrected chi connectivity index (χ4v) is 3.65. The van der Waals surface area contributed by atoms with E-state index in [1.807, 2.05) is 6.07 Å². The van der Waals surface area contributed by atoms with Gasteiger partial charge in [0.25, 0.3) is 0 Å². The average molecular weight is 260 g/mol. The van der Waals surface area contributed by atoms with Gasteiger partial charge in [-0.05, 0) is 50.8 Å². The fraction of sp³-hybridized carbons (Fsp3) is 0.733. The van der Waals surface area contributed by atoms with Gasteiger partial charge < -0.3 is 5.32 Å². The van der Waals surface area contributed by atoms with Gasteiger partial charge in [-0.3, -0.25) is 4.90 Å². The van der Waals surface area contributed by atoms with Crippen LogP contribution in [-0.4, -0.2) is 39.8 Å². The maximum Gasteiger partial charge on any atom is 0.0771 e. The minimum Gasteiger partial charge on any atom is -0.314 e. The number of rotatable bonds is 5. The standard InChI is InChI=1S/C15H24N4/c1-2-7-16-13-9-14-5-6-15(10-13)19(14)11-12-4-3-8-17-18-12/h3-4,8,13-16H,2,5-7,9-11H2,1H3. The molecule has 19 heavy (non-hydrogen) atoms. The summed E-state index contributed by atoms with van der Waals surface area (Å²) in [7, 11) is 0. The molecule has 3 rings (SSSR count). The van der Waals surface area contributed by atoms with Gasteiger partial charge in [0.2, 0.25) is 0 Å². The van der Waals surface area contributed by atoms with E-state index in [9.17, 15) is 0 Å². The van der Waals surface area contributed by atoms with Gasteiger partial charge in [0.15, 0.2) is 0 Å². The van der Waals surface area contributed by atoms with E-state index >= 15 is 0 Å². The molecule has 2 aliphatic heterocycles. The monoisotopic (exact) mass is 260 g/mol. The minimum absolute atomic E-state index is 0.732. The Kier molecular flexibility index (Phi) is 4.09. The van der Waals surface area contributed by atoms with Crippen molar-refractivity contribution in [1.82, 2.24) is 20.4 Å². The molecule has 0 aliphatic carbocycles. The van der Waals surface area contributed by atoms with E-state index in [4.69, 9.17) is 0 Å². The highest BCUT2D eigenvalue weighted by Gasteiger charge is 2.40. The van der Waals surface area contributed by atoms with Crippen LogP contribution in [0.5, 0.6) is 0 Å². The van der Waals surface area contributed by atoms with E-state index in [2.05, 4.69) is 33.4 Å². The molecule has 1 N–H and O–H groups in total. The van der Waals surface area contributed by atoms with Crippen LogP contribution in [0.2, 0.25) is 0 Å². The van der Waals surface area contributed by atoms with Crippen LogP contribution in [0.4, 0.5) is 0 Å². The Hall–Kier alpha value is -1.00. The lowest BCUT2D eigenvalue weighted by atomic mass is 9.97. The van der Waals surface area contributed by atoms with Crippen LogP contribution in [0, 0.1) is 0 Å². The molecule has 2 atom stereocenters. The molecular formula is C15H24N4. The average Bonchev–Trinajstić information content (AvgIpc) is 2.69. The Balaban J connectivity index is 1.60.